The number of unbranched alkanes of at least 4 members (excludes halogenated alkanes) is 1. The number of benzene rings is 2. The Morgan fingerprint density at radius 3 is 2.51 bits per heavy atom. The zero-order chi connectivity index (χ0) is 24.8. The van der Waals surface area contributed by atoms with E-state index in [4.69, 9.17) is 10.5 Å². The number of fused-ring (bicyclic) bond motifs is 1. The number of rotatable bonds is 10. The first-order chi connectivity index (χ1) is 16.8. The number of carbonyl (C=O) groups excluding carboxylic acids is 1. The number of aromatic nitrogens is 4. The molecule has 0 spiro atoms. The lowest BCUT2D eigenvalue weighted by Crippen LogP contribution is -2.29. The zero-order valence-electron chi connectivity index (χ0n) is 20.6. The Balaban J connectivity index is 1.66. The van der Waals surface area contributed by atoms with E-state index in [1.165, 1.54) is 5.56 Å². The normalized spacial score (nSPS) is 12.7. The Kier molecular flexibility index (Phi) is 7.56. The van der Waals surface area contributed by atoms with Gasteiger partial charge in [-0.15, -0.1) is 10.2 Å². The molecule has 0 aliphatic rings. The Hall–Kier alpha value is -3.58. The van der Waals surface area contributed by atoms with Crippen LogP contribution in [0.25, 0.3) is 22.2 Å². The average Bonchev–Trinajstić information content (AvgIpc) is 3.24. The molecule has 1 N–H and O–H groups in total. The van der Waals surface area contributed by atoms with Crippen LogP contribution in [-0.4, -0.2) is 31.3 Å². The van der Waals surface area contributed by atoms with Crippen molar-refractivity contribution in [3.05, 3.63) is 78.4 Å². The van der Waals surface area contributed by atoms with E-state index in [-0.39, 0.29) is 6.42 Å². The summed E-state index contributed by atoms with van der Waals surface area (Å²) < 4.78 is 8.21. The van der Waals surface area contributed by atoms with Gasteiger partial charge in [0.05, 0.1) is 12.0 Å². The summed E-state index contributed by atoms with van der Waals surface area (Å²) in [5.41, 5.74) is 9.34. The van der Waals surface area contributed by atoms with Gasteiger partial charge in [-0.25, -0.2) is 0 Å². The number of aryl methyl sites for hydroxylation is 2. The van der Waals surface area contributed by atoms with Crippen LogP contribution in [0.4, 0.5) is 0 Å². The quantitative estimate of drug-likeness (QED) is 0.282. The molecule has 1 unspecified atom stereocenters. The van der Waals surface area contributed by atoms with Crippen LogP contribution in [0.2, 0.25) is 0 Å². The SMILES string of the molecule is CC(C)(C)OC(CC([NH])=O)n1c(CCCCc2ccccc2)nnc1-c1ccc2cnccc2c1. The molecule has 7 heteroatoms. The summed E-state index contributed by atoms with van der Waals surface area (Å²) in [6, 6.07) is 18.4. The maximum absolute atomic E-state index is 11.9. The fourth-order valence-electron chi connectivity index (χ4n) is 4.23. The molecule has 0 bridgehead atoms. The van der Waals surface area contributed by atoms with E-state index in [9.17, 15) is 4.79 Å². The van der Waals surface area contributed by atoms with Crippen molar-refractivity contribution >= 4 is 16.7 Å². The number of hydrogen-bond donors (Lipinski definition) is 0. The van der Waals surface area contributed by atoms with Crippen molar-refractivity contribution in [2.75, 3.05) is 0 Å². The summed E-state index contributed by atoms with van der Waals surface area (Å²) >= 11 is 0. The van der Waals surface area contributed by atoms with Gasteiger partial charge in [0.25, 0.3) is 0 Å². The van der Waals surface area contributed by atoms with Crippen LogP contribution in [-0.2, 0) is 22.4 Å². The van der Waals surface area contributed by atoms with Crippen LogP contribution < -0.4 is 5.73 Å². The molecule has 1 radical (unpaired) electrons. The third-order valence-corrected chi connectivity index (χ3v) is 5.76. The summed E-state index contributed by atoms with van der Waals surface area (Å²) in [5.74, 6) is 0.717. The van der Waals surface area contributed by atoms with Crippen molar-refractivity contribution in [3.8, 4) is 11.4 Å². The van der Waals surface area contributed by atoms with Gasteiger partial charge in [-0.2, -0.15) is 0 Å². The van der Waals surface area contributed by atoms with E-state index >= 15 is 0 Å². The third-order valence-electron chi connectivity index (χ3n) is 5.76. The van der Waals surface area contributed by atoms with Crippen molar-refractivity contribution in [2.24, 2.45) is 0 Å². The highest BCUT2D eigenvalue weighted by molar-refractivity contribution is 5.85. The molecule has 0 fully saturated rings. The molecular formula is C28H32N5O2. The first kappa shape index (κ1) is 24.5. The molecule has 181 valence electrons. The number of carbonyl (C=O) groups is 1. The second kappa shape index (κ2) is 10.8. The predicted molar refractivity (Wildman–Crippen MR) is 136 cm³/mol. The lowest BCUT2D eigenvalue weighted by Gasteiger charge is -2.29. The van der Waals surface area contributed by atoms with Crippen molar-refractivity contribution in [2.45, 2.75) is 64.7 Å². The minimum Gasteiger partial charge on any atom is -0.352 e. The van der Waals surface area contributed by atoms with Gasteiger partial charge in [0.1, 0.15) is 12.1 Å². The Morgan fingerprint density at radius 2 is 1.77 bits per heavy atom. The highest BCUT2D eigenvalue weighted by atomic mass is 16.5. The number of hydrogen-bond acceptors (Lipinski definition) is 5. The second-order valence-electron chi connectivity index (χ2n) is 9.75. The molecular weight excluding hydrogens is 438 g/mol. The first-order valence-electron chi connectivity index (χ1n) is 12.0. The fraction of sp³-hybridized carbons (Fsp3) is 0.357. The van der Waals surface area contributed by atoms with Crippen molar-refractivity contribution in [1.82, 2.24) is 25.5 Å². The molecule has 0 aliphatic heterocycles. The van der Waals surface area contributed by atoms with Gasteiger partial charge in [-0.1, -0.05) is 42.5 Å². The number of amides is 1. The van der Waals surface area contributed by atoms with Crippen LogP contribution in [0.15, 0.2) is 67.0 Å². The molecule has 1 atom stereocenters. The molecule has 0 aliphatic carbocycles. The molecule has 4 rings (SSSR count). The Labute approximate surface area is 206 Å². The van der Waals surface area contributed by atoms with Crippen LogP contribution in [0.1, 0.15) is 57.6 Å². The second-order valence-corrected chi connectivity index (χ2v) is 9.75. The number of ether oxygens (including phenoxy) is 1. The highest BCUT2D eigenvalue weighted by Gasteiger charge is 2.28. The molecule has 7 nitrogen and oxygen atoms in total. The van der Waals surface area contributed by atoms with Gasteiger partial charge in [0, 0.05) is 29.8 Å². The molecule has 2 aromatic carbocycles. The molecule has 2 heterocycles. The van der Waals surface area contributed by atoms with Crippen LogP contribution >= 0.6 is 0 Å². The first-order valence-corrected chi connectivity index (χ1v) is 12.0. The molecule has 0 saturated heterocycles. The zero-order valence-corrected chi connectivity index (χ0v) is 20.6. The van der Waals surface area contributed by atoms with Gasteiger partial charge < -0.3 is 4.74 Å². The Bertz CT molecular complexity index is 1280. The summed E-state index contributed by atoms with van der Waals surface area (Å²) in [5, 5.41) is 11.1. The highest BCUT2D eigenvalue weighted by Crippen LogP contribution is 2.31. The average molecular weight is 471 g/mol. The number of pyridine rings is 1. The lowest BCUT2D eigenvalue weighted by atomic mass is 10.1. The lowest BCUT2D eigenvalue weighted by molar-refractivity contribution is -0.132. The largest absolute Gasteiger partial charge is 0.352 e. The minimum absolute atomic E-state index is 0.0726. The van der Waals surface area contributed by atoms with Crippen molar-refractivity contribution in [1.29, 1.82) is 0 Å². The van der Waals surface area contributed by atoms with E-state index < -0.39 is 17.7 Å². The molecule has 2 aromatic heterocycles. The van der Waals surface area contributed by atoms with E-state index in [0.717, 1.165) is 41.4 Å². The third kappa shape index (κ3) is 6.51. The maximum Gasteiger partial charge on any atom is 0.242 e. The standard InChI is InChI=1S/C28H32N5O2/c1-28(2,3)35-26(18-24(29)34)33-25(12-8-7-11-20-9-5-4-6-10-20)31-32-27(33)22-13-14-23-19-30-16-15-21(23)17-22/h4-6,9-10,13-17,19,26,29H,7-8,11-12,18H2,1-3H3. The van der Waals surface area contributed by atoms with Gasteiger partial charge in [0.2, 0.25) is 5.91 Å². The molecule has 35 heavy (non-hydrogen) atoms. The predicted octanol–water partition coefficient (Wildman–Crippen LogP) is 5.57. The van der Waals surface area contributed by atoms with Crippen molar-refractivity contribution in [3.63, 3.8) is 0 Å². The molecule has 1 amide bonds. The topological polar surface area (TPSA) is 93.7 Å². The van der Waals surface area contributed by atoms with Gasteiger partial charge in [-0.05, 0) is 63.1 Å². The maximum atomic E-state index is 11.9. The van der Waals surface area contributed by atoms with Crippen LogP contribution in [0, 0.1) is 0 Å². The smallest absolute Gasteiger partial charge is 0.242 e. The summed E-state index contributed by atoms with van der Waals surface area (Å²) in [7, 11) is 0. The monoisotopic (exact) mass is 470 g/mol. The Morgan fingerprint density at radius 1 is 1.00 bits per heavy atom. The van der Waals surface area contributed by atoms with Gasteiger partial charge in [0.15, 0.2) is 5.82 Å². The summed E-state index contributed by atoms with van der Waals surface area (Å²) in [6.45, 7) is 5.84. The van der Waals surface area contributed by atoms with Crippen LogP contribution in [0.3, 0.4) is 0 Å². The van der Waals surface area contributed by atoms with Crippen LogP contribution in [0.5, 0.6) is 0 Å². The van der Waals surface area contributed by atoms with E-state index in [2.05, 4.69) is 39.4 Å². The fourth-order valence-corrected chi connectivity index (χ4v) is 4.23. The van der Waals surface area contributed by atoms with E-state index in [1.54, 1.807) is 6.20 Å². The molecule has 4 aromatic rings. The number of nitrogens with one attached hydrogen (secondary N) is 1. The summed E-state index contributed by atoms with van der Waals surface area (Å²) in [6.07, 6.45) is 6.48. The summed E-state index contributed by atoms with van der Waals surface area (Å²) in [4.78, 5) is 16.1. The van der Waals surface area contributed by atoms with E-state index in [0.29, 0.717) is 12.2 Å². The van der Waals surface area contributed by atoms with E-state index in [1.807, 2.05) is 61.9 Å². The van der Waals surface area contributed by atoms with Crippen molar-refractivity contribution < 1.29 is 9.53 Å². The van der Waals surface area contributed by atoms with Gasteiger partial charge >= 0.3 is 0 Å². The number of nitrogens with zero attached hydrogens (tertiary/aromatic N) is 4. The minimum atomic E-state index is -0.682. The molecule has 0 saturated carbocycles. The van der Waals surface area contributed by atoms with Gasteiger partial charge in [-0.3, -0.25) is 20.1 Å².